The Kier molecular flexibility index (Phi) is 7.56. The third-order valence-corrected chi connectivity index (χ3v) is 1.97. The van der Waals surface area contributed by atoms with Crippen molar-refractivity contribution in [3.8, 4) is 0 Å². The predicted molar refractivity (Wildman–Crippen MR) is 53.7 cm³/mol. The first-order valence-corrected chi connectivity index (χ1v) is 4.83. The highest BCUT2D eigenvalue weighted by Gasteiger charge is 2.03. The summed E-state index contributed by atoms with van der Waals surface area (Å²) in [5.74, 6) is 0.506. The third-order valence-electron chi connectivity index (χ3n) is 1.59. The zero-order valence-electron chi connectivity index (χ0n) is 7.72. The Morgan fingerprint density at radius 2 is 2.17 bits per heavy atom. The minimum Gasteiger partial charge on any atom is -0.395 e. The van der Waals surface area contributed by atoms with Gasteiger partial charge in [-0.15, -0.1) is 11.6 Å². The molecule has 0 saturated carbocycles. The smallest absolute Gasteiger partial charge is 0.0558 e. The van der Waals surface area contributed by atoms with E-state index < -0.39 is 0 Å². The van der Waals surface area contributed by atoms with Crippen LogP contribution in [0.4, 0.5) is 0 Å². The van der Waals surface area contributed by atoms with Crippen molar-refractivity contribution < 1.29 is 5.11 Å². The summed E-state index contributed by atoms with van der Waals surface area (Å²) in [7, 11) is 0. The van der Waals surface area contributed by atoms with Crippen LogP contribution in [0.25, 0.3) is 0 Å². The van der Waals surface area contributed by atoms with Crippen molar-refractivity contribution in [2.45, 2.75) is 13.3 Å². The van der Waals surface area contributed by atoms with Crippen molar-refractivity contribution in [1.82, 2.24) is 4.90 Å². The van der Waals surface area contributed by atoms with Crippen LogP contribution in [0.5, 0.6) is 0 Å². The highest BCUT2D eigenvalue weighted by atomic mass is 35.5. The SMILES string of the molecule is C=C(CCl)CN(CCC)CCO. The van der Waals surface area contributed by atoms with E-state index in [0.29, 0.717) is 12.4 Å². The lowest BCUT2D eigenvalue weighted by Gasteiger charge is -2.20. The molecule has 0 amide bonds. The van der Waals surface area contributed by atoms with Gasteiger partial charge < -0.3 is 5.11 Å². The molecule has 0 saturated heterocycles. The standard InChI is InChI=1S/C9H18ClNO/c1-3-4-11(5-6-12)8-9(2)7-10/h12H,2-8H2,1H3. The maximum Gasteiger partial charge on any atom is 0.0558 e. The minimum absolute atomic E-state index is 0.204. The van der Waals surface area contributed by atoms with Crippen LogP contribution in [0.2, 0.25) is 0 Å². The molecule has 0 aliphatic carbocycles. The first kappa shape index (κ1) is 11.9. The molecular formula is C9H18ClNO. The maximum atomic E-state index is 8.74. The third kappa shape index (κ3) is 5.58. The van der Waals surface area contributed by atoms with Gasteiger partial charge in [0.05, 0.1) is 6.61 Å². The first-order valence-electron chi connectivity index (χ1n) is 4.30. The maximum absolute atomic E-state index is 8.74. The van der Waals surface area contributed by atoms with E-state index >= 15 is 0 Å². The van der Waals surface area contributed by atoms with Gasteiger partial charge in [-0.05, 0) is 18.5 Å². The van der Waals surface area contributed by atoms with E-state index in [-0.39, 0.29) is 6.61 Å². The molecule has 3 heteroatoms. The Bertz CT molecular complexity index is 122. The molecule has 0 unspecified atom stereocenters. The van der Waals surface area contributed by atoms with E-state index in [0.717, 1.165) is 25.1 Å². The van der Waals surface area contributed by atoms with Gasteiger partial charge in [-0.1, -0.05) is 13.5 Å². The van der Waals surface area contributed by atoms with Crippen molar-refractivity contribution in [2.75, 3.05) is 32.1 Å². The van der Waals surface area contributed by atoms with Crippen molar-refractivity contribution in [1.29, 1.82) is 0 Å². The van der Waals surface area contributed by atoms with Crippen LogP contribution in [0, 0.1) is 0 Å². The summed E-state index contributed by atoms with van der Waals surface area (Å²) in [6.07, 6.45) is 1.09. The first-order chi connectivity index (χ1) is 5.74. The summed E-state index contributed by atoms with van der Waals surface area (Å²) in [6, 6.07) is 0. The molecule has 0 heterocycles. The van der Waals surface area contributed by atoms with Crippen LogP contribution in [-0.2, 0) is 0 Å². The highest BCUT2D eigenvalue weighted by molar-refractivity contribution is 6.19. The molecule has 1 N–H and O–H groups in total. The molecule has 0 aromatic heterocycles. The molecule has 72 valence electrons. The zero-order chi connectivity index (χ0) is 9.40. The molecule has 0 aromatic rings. The Hall–Kier alpha value is -0.0500. The van der Waals surface area contributed by atoms with Gasteiger partial charge in [-0.25, -0.2) is 0 Å². The second-order valence-electron chi connectivity index (χ2n) is 2.88. The van der Waals surface area contributed by atoms with Crippen LogP contribution >= 0.6 is 11.6 Å². The Morgan fingerprint density at radius 1 is 1.50 bits per heavy atom. The van der Waals surface area contributed by atoms with E-state index in [1.807, 2.05) is 0 Å². The molecule has 0 spiro atoms. The van der Waals surface area contributed by atoms with Gasteiger partial charge in [0.15, 0.2) is 0 Å². The molecule has 0 aromatic carbocycles. The fourth-order valence-corrected chi connectivity index (χ4v) is 1.17. The molecule has 0 bridgehead atoms. The molecule has 0 aliphatic heterocycles. The number of hydrogen-bond donors (Lipinski definition) is 1. The van der Waals surface area contributed by atoms with Crippen molar-refractivity contribution in [3.05, 3.63) is 12.2 Å². The normalized spacial score (nSPS) is 10.7. The fraction of sp³-hybridized carbons (Fsp3) is 0.778. The summed E-state index contributed by atoms with van der Waals surface area (Å²) in [5, 5.41) is 8.74. The molecular weight excluding hydrogens is 174 g/mol. The molecule has 0 aliphatic rings. The molecule has 12 heavy (non-hydrogen) atoms. The van der Waals surface area contributed by atoms with Crippen molar-refractivity contribution >= 4 is 11.6 Å². The van der Waals surface area contributed by atoms with Crippen LogP contribution in [0.3, 0.4) is 0 Å². The lowest BCUT2D eigenvalue weighted by Crippen LogP contribution is -2.29. The summed E-state index contributed by atoms with van der Waals surface area (Å²) in [6.45, 7) is 8.66. The van der Waals surface area contributed by atoms with Crippen LogP contribution < -0.4 is 0 Å². The summed E-state index contributed by atoms with van der Waals surface area (Å²) < 4.78 is 0. The highest BCUT2D eigenvalue weighted by Crippen LogP contribution is 1.99. The van der Waals surface area contributed by atoms with E-state index in [1.54, 1.807) is 0 Å². The number of aliphatic hydroxyl groups is 1. The minimum atomic E-state index is 0.204. The number of hydrogen-bond acceptors (Lipinski definition) is 2. The van der Waals surface area contributed by atoms with Gasteiger partial charge >= 0.3 is 0 Å². The Labute approximate surface area is 79.8 Å². The summed E-state index contributed by atoms with van der Waals surface area (Å²) in [4.78, 5) is 2.16. The van der Waals surface area contributed by atoms with Gasteiger partial charge in [0.1, 0.15) is 0 Å². The van der Waals surface area contributed by atoms with Gasteiger partial charge in [0, 0.05) is 19.0 Å². The molecule has 2 nitrogen and oxygen atoms in total. The largest absolute Gasteiger partial charge is 0.395 e. The van der Waals surface area contributed by atoms with Crippen LogP contribution in [0.15, 0.2) is 12.2 Å². The van der Waals surface area contributed by atoms with E-state index in [4.69, 9.17) is 16.7 Å². The monoisotopic (exact) mass is 191 g/mol. The fourth-order valence-electron chi connectivity index (χ4n) is 1.09. The number of halogens is 1. The van der Waals surface area contributed by atoms with E-state index in [9.17, 15) is 0 Å². The van der Waals surface area contributed by atoms with E-state index in [1.165, 1.54) is 0 Å². The number of nitrogens with zero attached hydrogens (tertiary/aromatic N) is 1. The topological polar surface area (TPSA) is 23.5 Å². The molecule has 0 atom stereocenters. The van der Waals surface area contributed by atoms with Gasteiger partial charge in [-0.3, -0.25) is 4.90 Å². The van der Waals surface area contributed by atoms with Crippen LogP contribution in [-0.4, -0.2) is 42.1 Å². The number of rotatable bonds is 7. The molecule has 0 rings (SSSR count). The predicted octanol–water partition coefficient (Wildman–Crippen LogP) is 1.49. The summed E-state index contributed by atoms with van der Waals surface area (Å²) >= 11 is 5.61. The lowest BCUT2D eigenvalue weighted by atomic mass is 10.3. The van der Waals surface area contributed by atoms with Gasteiger partial charge in [-0.2, -0.15) is 0 Å². The van der Waals surface area contributed by atoms with Gasteiger partial charge in [0.25, 0.3) is 0 Å². The Balaban J connectivity index is 3.68. The van der Waals surface area contributed by atoms with Crippen molar-refractivity contribution in [2.24, 2.45) is 0 Å². The number of alkyl halides is 1. The second-order valence-corrected chi connectivity index (χ2v) is 3.15. The second kappa shape index (κ2) is 7.59. The average molecular weight is 192 g/mol. The van der Waals surface area contributed by atoms with Gasteiger partial charge in [0.2, 0.25) is 0 Å². The Morgan fingerprint density at radius 3 is 2.58 bits per heavy atom. The molecule has 0 fully saturated rings. The van der Waals surface area contributed by atoms with E-state index in [2.05, 4.69) is 18.4 Å². The van der Waals surface area contributed by atoms with Crippen molar-refractivity contribution in [3.63, 3.8) is 0 Å². The number of aliphatic hydroxyl groups excluding tert-OH is 1. The van der Waals surface area contributed by atoms with Crippen LogP contribution in [0.1, 0.15) is 13.3 Å². The lowest BCUT2D eigenvalue weighted by molar-refractivity contribution is 0.206. The zero-order valence-corrected chi connectivity index (χ0v) is 8.48. The quantitative estimate of drug-likeness (QED) is 0.487. The summed E-state index contributed by atoms with van der Waals surface area (Å²) in [5.41, 5.74) is 1.01. The molecule has 0 radical (unpaired) electrons. The average Bonchev–Trinajstić information content (AvgIpc) is 2.05.